The van der Waals surface area contributed by atoms with Crippen LogP contribution in [0.2, 0.25) is 0 Å². The van der Waals surface area contributed by atoms with Gasteiger partial charge in [-0.05, 0) is 52.6 Å². The number of hydrogen-bond donors (Lipinski definition) is 2. The van der Waals surface area contributed by atoms with Gasteiger partial charge in [0.15, 0.2) is 0 Å². The van der Waals surface area contributed by atoms with Crippen LogP contribution >= 0.6 is 0 Å². The lowest BCUT2D eigenvalue weighted by atomic mass is 9.99. The van der Waals surface area contributed by atoms with Gasteiger partial charge in [0.05, 0.1) is 7.11 Å². The first-order chi connectivity index (χ1) is 8.81. The molecule has 2 unspecified atom stereocenters. The molecule has 0 aromatic rings. The third-order valence-electron chi connectivity index (χ3n) is 2.91. The van der Waals surface area contributed by atoms with E-state index in [1.807, 2.05) is 0 Å². The van der Waals surface area contributed by atoms with Crippen molar-refractivity contribution in [1.29, 1.82) is 0 Å². The molecule has 1 aliphatic rings. The van der Waals surface area contributed by atoms with Crippen molar-refractivity contribution in [2.75, 3.05) is 20.2 Å². The van der Waals surface area contributed by atoms with Gasteiger partial charge in [0.1, 0.15) is 11.6 Å². The zero-order valence-corrected chi connectivity index (χ0v) is 12.1. The average Bonchev–Trinajstić information content (AvgIpc) is 2.77. The van der Waals surface area contributed by atoms with E-state index in [1.54, 1.807) is 20.8 Å². The molecular formula is C13H24N2O4. The Kier molecular flexibility index (Phi) is 5.60. The second-order valence-electron chi connectivity index (χ2n) is 5.82. The minimum atomic E-state index is -0.648. The summed E-state index contributed by atoms with van der Waals surface area (Å²) in [5.41, 5.74) is -0.584. The summed E-state index contributed by atoms with van der Waals surface area (Å²) in [6.45, 7) is 7.15. The predicted molar refractivity (Wildman–Crippen MR) is 70.8 cm³/mol. The summed E-state index contributed by atoms with van der Waals surface area (Å²) in [5, 5.41) is 5.82. The van der Waals surface area contributed by atoms with Crippen LogP contribution in [0.3, 0.4) is 0 Å². The Morgan fingerprint density at radius 3 is 2.58 bits per heavy atom. The third-order valence-corrected chi connectivity index (χ3v) is 2.91. The van der Waals surface area contributed by atoms with Gasteiger partial charge in [-0.25, -0.2) is 9.59 Å². The number of nitrogens with one attached hydrogen (secondary N) is 2. The van der Waals surface area contributed by atoms with Crippen LogP contribution in [0.5, 0.6) is 0 Å². The van der Waals surface area contributed by atoms with Gasteiger partial charge in [-0.3, -0.25) is 0 Å². The fraction of sp³-hybridized carbons (Fsp3) is 0.846. The van der Waals surface area contributed by atoms with Crippen molar-refractivity contribution in [1.82, 2.24) is 10.6 Å². The smallest absolute Gasteiger partial charge is 0.408 e. The molecule has 1 saturated heterocycles. The summed E-state index contributed by atoms with van der Waals surface area (Å²) in [6.07, 6.45) is 0.983. The summed E-state index contributed by atoms with van der Waals surface area (Å²) in [7, 11) is 1.32. The third kappa shape index (κ3) is 5.92. The van der Waals surface area contributed by atoms with E-state index in [-0.39, 0.29) is 0 Å². The number of amides is 1. The quantitative estimate of drug-likeness (QED) is 0.748. The van der Waals surface area contributed by atoms with Crippen molar-refractivity contribution < 1.29 is 19.1 Å². The normalized spacial score (nSPS) is 20.7. The summed E-state index contributed by atoms with van der Waals surface area (Å²) in [5.74, 6) is -0.0585. The SMILES string of the molecule is COC(=O)C(CC1CCNC1)NC(=O)OC(C)(C)C. The number of alkyl carbamates (subject to hydrolysis) is 1. The average molecular weight is 272 g/mol. The van der Waals surface area contributed by atoms with E-state index >= 15 is 0 Å². The van der Waals surface area contributed by atoms with Gasteiger partial charge in [-0.15, -0.1) is 0 Å². The molecule has 2 N–H and O–H groups in total. The molecule has 0 aromatic heterocycles. The molecule has 1 rings (SSSR count). The van der Waals surface area contributed by atoms with Gasteiger partial charge < -0.3 is 20.1 Å². The predicted octanol–water partition coefficient (Wildman–Crippen LogP) is 1.05. The fourth-order valence-corrected chi connectivity index (χ4v) is 2.06. The van der Waals surface area contributed by atoms with Crippen LogP contribution in [0, 0.1) is 5.92 Å². The molecular weight excluding hydrogens is 248 g/mol. The Morgan fingerprint density at radius 2 is 2.11 bits per heavy atom. The molecule has 19 heavy (non-hydrogen) atoms. The van der Waals surface area contributed by atoms with Crippen LogP contribution in [-0.4, -0.2) is 43.9 Å². The molecule has 0 spiro atoms. The minimum absolute atomic E-state index is 0.374. The van der Waals surface area contributed by atoms with Crippen LogP contribution < -0.4 is 10.6 Å². The molecule has 1 fully saturated rings. The van der Waals surface area contributed by atoms with Crippen molar-refractivity contribution >= 4 is 12.1 Å². The number of ether oxygens (including phenoxy) is 2. The fourth-order valence-electron chi connectivity index (χ4n) is 2.06. The van der Waals surface area contributed by atoms with E-state index in [2.05, 4.69) is 10.6 Å². The van der Waals surface area contributed by atoms with Crippen LogP contribution in [-0.2, 0) is 14.3 Å². The topological polar surface area (TPSA) is 76.7 Å². The van der Waals surface area contributed by atoms with Crippen LogP contribution in [0.4, 0.5) is 4.79 Å². The maximum absolute atomic E-state index is 11.7. The Labute approximate surface area is 114 Å². The van der Waals surface area contributed by atoms with E-state index in [9.17, 15) is 9.59 Å². The number of esters is 1. The zero-order valence-electron chi connectivity index (χ0n) is 12.1. The highest BCUT2D eigenvalue weighted by molar-refractivity contribution is 5.81. The Hall–Kier alpha value is -1.30. The highest BCUT2D eigenvalue weighted by atomic mass is 16.6. The summed E-state index contributed by atoms with van der Waals surface area (Å²) in [6, 6.07) is -0.648. The lowest BCUT2D eigenvalue weighted by Gasteiger charge is -2.23. The highest BCUT2D eigenvalue weighted by Gasteiger charge is 2.28. The van der Waals surface area contributed by atoms with E-state index in [1.165, 1.54) is 7.11 Å². The first-order valence-corrected chi connectivity index (χ1v) is 6.60. The largest absolute Gasteiger partial charge is 0.467 e. The van der Waals surface area contributed by atoms with Crippen molar-refractivity contribution in [2.45, 2.75) is 45.3 Å². The van der Waals surface area contributed by atoms with Crippen LogP contribution in [0.1, 0.15) is 33.6 Å². The molecule has 1 amide bonds. The number of methoxy groups -OCH3 is 1. The Bertz CT molecular complexity index is 319. The Balaban J connectivity index is 2.53. The maximum Gasteiger partial charge on any atom is 0.408 e. The molecule has 0 radical (unpaired) electrons. The second kappa shape index (κ2) is 6.75. The number of carbonyl (C=O) groups is 2. The first-order valence-electron chi connectivity index (χ1n) is 6.60. The van der Waals surface area contributed by atoms with Crippen LogP contribution in [0.25, 0.3) is 0 Å². The second-order valence-corrected chi connectivity index (χ2v) is 5.82. The van der Waals surface area contributed by atoms with E-state index in [4.69, 9.17) is 9.47 Å². The number of carbonyl (C=O) groups excluding carboxylic acids is 2. The van der Waals surface area contributed by atoms with Crippen LogP contribution in [0.15, 0.2) is 0 Å². The van der Waals surface area contributed by atoms with E-state index in [0.29, 0.717) is 12.3 Å². The molecule has 2 atom stereocenters. The van der Waals surface area contributed by atoms with Gasteiger partial charge >= 0.3 is 12.1 Å². The molecule has 6 nitrogen and oxygen atoms in total. The monoisotopic (exact) mass is 272 g/mol. The Morgan fingerprint density at radius 1 is 1.42 bits per heavy atom. The molecule has 0 saturated carbocycles. The van der Waals surface area contributed by atoms with Crippen molar-refractivity contribution in [3.8, 4) is 0 Å². The highest BCUT2D eigenvalue weighted by Crippen LogP contribution is 2.16. The standard InChI is InChI=1S/C13H24N2O4/c1-13(2,3)19-12(17)15-10(11(16)18-4)7-9-5-6-14-8-9/h9-10,14H,5-8H2,1-4H3,(H,15,17). The summed E-state index contributed by atoms with van der Waals surface area (Å²) in [4.78, 5) is 23.4. The summed E-state index contributed by atoms with van der Waals surface area (Å²) < 4.78 is 9.88. The van der Waals surface area contributed by atoms with Gasteiger partial charge in [0.25, 0.3) is 0 Å². The van der Waals surface area contributed by atoms with Gasteiger partial charge in [0.2, 0.25) is 0 Å². The lowest BCUT2D eigenvalue weighted by Crippen LogP contribution is -2.45. The number of rotatable bonds is 4. The molecule has 0 bridgehead atoms. The molecule has 6 heteroatoms. The van der Waals surface area contributed by atoms with Crippen molar-refractivity contribution in [2.24, 2.45) is 5.92 Å². The van der Waals surface area contributed by atoms with Crippen molar-refractivity contribution in [3.63, 3.8) is 0 Å². The molecule has 0 aromatic carbocycles. The lowest BCUT2D eigenvalue weighted by molar-refractivity contribution is -0.143. The minimum Gasteiger partial charge on any atom is -0.467 e. The zero-order chi connectivity index (χ0) is 14.5. The van der Waals surface area contributed by atoms with Gasteiger partial charge in [-0.1, -0.05) is 0 Å². The number of hydrogen-bond acceptors (Lipinski definition) is 5. The molecule has 1 heterocycles. The summed E-state index contributed by atoms with van der Waals surface area (Å²) >= 11 is 0. The van der Waals surface area contributed by atoms with E-state index < -0.39 is 23.7 Å². The van der Waals surface area contributed by atoms with Crippen molar-refractivity contribution in [3.05, 3.63) is 0 Å². The van der Waals surface area contributed by atoms with E-state index in [0.717, 1.165) is 19.5 Å². The first kappa shape index (κ1) is 15.8. The van der Waals surface area contributed by atoms with Gasteiger partial charge in [-0.2, -0.15) is 0 Å². The molecule has 0 aliphatic carbocycles. The maximum atomic E-state index is 11.7. The van der Waals surface area contributed by atoms with Gasteiger partial charge in [0, 0.05) is 0 Å². The molecule has 1 aliphatic heterocycles. The molecule has 110 valence electrons.